The van der Waals surface area contributed by atoms with Gasteiger partial charge in [0.25, 0.3) is 0 Å². The van der Waals surface area contributed by atoms with E-state index in [2.05, 4.69) is 10.1 Å². The van der Waals surface area contributed by atoms with E-state index in [9.17, 15) is 4.79 Å². The molecule has 0 unspecified atom stereocenters. The van der Waals surface area contributed by atoms with Crippen molar-refractivity contribution in [2.75, 3.05) is 7.05 Å². The van der Waals surface area contributed by atoms with Crippen molar-refractivity contribution in [1.29, 1.82) is 5.26 Å². The van der Waals surface area contributed by atoms with E-state index in [4.69, 9.17) is 5.26 Å². The van der Waals surface area contributed by atoms with Crippen LogP contribution in [0, 0.1) is 11.3 Å². The van der Waals surface area contributed by atoms with Crippen molar-refractivity contribution < 1.29 is 4.79 Å². The number of nitriles is 1. The van der Waals surface area contributed by atoms with Crippen LogP contribution in [0.15, 0.2) is 61.2 Å². The van der Waals surface area contributed by atoms with Gasteiger partial charge < -0.3 is 4.90 Å². The van der Waals surface area contributed by atoms with Gasteiger partial charge in [0.05, 0.1) is 18.0 Å². The van der Waals surface area contributed by atoms with Crippen LogP contribution in [0.1, 0.15) is 11.1 Å². The van der Waals surface area contributed by atoms with Crippen molar-refractivity contribution in [3.63, 3.8) is 0 Å². The summed E-state index contributed by atoms with van der Waals surface area (Å²) in [5, 5.41) is 12.7. The van der Waals surface area contributed by atoms with E-state index in [0.29, 0.717) is 12.1 Å². The Kier molecular flexibility index (Phi) is 4.34. The van der Waals surface area contributed by atoms with Crippen LogP contribution in [0.3, 0.4) is 0 Å². The van der Waals surface area contributed by atoms with E-state index in [1.807, 2.05) is 42.5 Å². The third kappa shape index (κ3) is 3.31. The van der Waals surface area contributed by atoms with Gasteiger partial charge in [0, 0.05) is 26.0 Å². The molecule has 0 atom stereocenters. The summed E-state index contributed by atoms with van der Waals surface area (Å²) in [5.41, 5.74) is 3.51. The van der Waals surface area contributed by atoms with Gasteiger partial charge in [-0.15, -0.1) is 0 Å². The summed E-state index contributed by atoms with van der Waals surface area (Å²) in [6.45, 7) is 0.444. The Morgan fingerprint density at radius 3 is 2.75 bits per heavy atom. The quantitative estimate of drug-likeness (QED) is 0.744. The first kappa shape index (κ1) is 15.4. The fourth-order valence-corrected chi connectivity index (χ4v) is 2.40. The average molecular weight is 317 g/mol. The van der Waals surface area contributed by atoms with Crippen molar-refractivity contribution in [2.45, 2.75) is 6.54 Å². The summed E-state index contributed by atoms with van der Waals surface area (Å²) in [4.78, 5) is 17.9. The Balaban J connectivity index is 1.76. The second-order valence-corrected chi connectivity index (χ2v) is 5.36. The molecule has 3 aromatic rings. The minimum atomic E-state index is -0.286. The summed E-state index contributed by atoms with van der Waals surface area (Å²) < 4.78 is 1.17. The monoisotopic (exact) mass is 317 g/mol. The smallest absolute Gasteiger partial charge is 0.322 e. The van der Waals surface area contributed by atoms with E-state index < -0.39 is 0 Å². The maximum Gasteiger partial charge on any atom is 0.344 e. The molecule has 0 bridgehead atoms. The van der Waals surface area contributed by atoms with Crippen LogP contribution in [0.25, 0.3) is 11.1 Å². The normalized spacial score (nSPS) is 10.2. The van der Waals surface area contributed by atoms with Crippen molar-refractivity contribution in [1.82, 2.24) is 19.7 Å². The van der Waals surface area contributed by atoms with E-state index >= 15 is 0 Å². The molecule has 0 aliphatic carbocycles. The number of nitrogens with zero attached hydrogens (tertiary/aromatic N) is 5. The summed E-state index contributed by atoms with van der Waals surface area (Å²) in [5.74, 6) is 0. The van der Waals surface area contributed by atoms with Gasteiger partial charge >= 0.3 is 6.03 Å². The maximum absolute atomic E-state index is 12.3. The molecule has 0 spiro atoms. The van der Waals surface area contributed by atoms with Crippen LogP contribution in [-0.4, -0.2) is 32.7 Å². The Labute approximate surface area is 139 Å². The lowest BCUT2D eigenvalue weighted by Gasteiger charge is -2.17. The zero-order valence-corrected chi connectivity index (χ0v) is 13.1. The molecule has 0 N–H and O–H groups in total. The molecular formula is C18H15N5O. The molecule has 6 heteroatoms. The number of carbonyl (C=O) groups excluding carboxylic acids is 1. The van der Waals surface area contributed by atoms with Gasteiger partial charge in [0.2, 0.25) is 0 Å². The number of hydrogen-bond acceptors (Lipinski definition) is 4. The molecule has 2 heterocycles. The van der Waals surface area contributed by atoms with E-state index in [-0.39, 0.29) is 6.03 Å². The van der Waals surface area contributed by atoms with Crippen molar-refractivity contribution in [3.8, 4) is 17.2 Å². The Bertz CT molecular complexity index is 895. The average Bonchev–Trinajstić information content (AvgIpc) is 3.11. The van der Waals surface area contributed by atoms with Crippen molar-refractivity contribution >= 4 is 6.03 Å². The topological polar surface area (TPSA) is 74.8 Å². The zero-order chi connectivity index (χ0) is 16.9. The molecule has 2 aromatic heterocycles. The number of rotatable bonds is 3. The third-order valence-electron chi connectivity index (χ3n) is 3.59. The fourth-order valence-electron chi connectivity index (χ4n) is 2.40. The Hall–Kier alpha value is -3.46. The lowest BCUT2D eigenvalue weighted by atomic mass is 10.0. The van der Waals surface area contributed by atoms with E-state index in [1.54, 1.807) is 24.3 Å². The molecule has 0 radical (unpaired) electrons. The number of aromatic nitrogens is 3. The SMILES string of the molecule is CN(Cc1cccc(-c2ccncc2)c1)C(=O)n1cc(C#N)cn1. The van der Waals surface area contributed by atoms with Gasteiger partial charge in [-0.3, -0.25) is 4.98 Å². The van der Waals surface area contributed by atoms with Crippen molar-refractivity contribution in [2.24, 2.45) is 0 Å². The van der Waals surface area contributed by atoms with Crippen LogP contribution >= 0.6 is 0 Å². The standard InChI is InChI=1S/C18H15N5O/c1-22(18(24)23-13-15(10-19)11-21-23)12-14-3-2-4-17(9-14)16-5-7-20-8-6-16/h2-9,11,13H,12H2,1H3. The Morgan fingerprint density at radius 2 is 2.04 bits per heavy atom. The van der Waals surface area contributed by atoms with Gasteiger partial charge in [0.15, 0.2) is 0 Å². The lowest BCUT2D eigenvalue weighted by molar-refractivity contribution is 0.205. The maximum atomic E-state index is 12.3. The molecule has 0 aliphatic rings. The van der Waals surface area contributed by atoms with Crippen LogP contribution in [0.2, 0.25) is 0 Å². The third-order valence-corrected chi connectivity index (χ3v) is 3.59. The molecule has 1 aromatic carbocycles. The number of hydrogen-bond donors (Lipinski definition) is 0. The van der Waals surface area contributed by atoms with Gasteiger partial charge in [-0.1, -0.05) is 18.2 Å². The first-order chi connectivity index (χ1) is 11.7. The highest BCUT2D eigenvalue weighted by Crippen LogP contribution is 2.20. The number of amides is 1. The molecular weight excluding hydrogens is 302 g/mol. The van der Waals surface area contributed by atoms with Crippen molar-refractivity contribution in [3.05, 3.63) is 72.3 Å². The first-order valence-corrected chi connectivity index (χ1v) is 7.37. The largest absolute Gasteiger partial charge is 0.344 e. The van der Waals surface area contributed by atoms with Crippen LogP contribution in [0.4, 0.5) is 4.79 Å². The second-order valence-electron chi connectivity index (χ2n) is 5.36. The minimum Gasteiger partial charge on any atom is -0.322 e. The molecule has 0 aliphatic heterocycles. The second kappa shape index (κ2) is 6.75. The minimum absolute atomic E-state index is 0.286. The summed E-state index contributed by atoms with van der Waals surface area (Å²) in [7, 11) is 1.70. The van der Waals surface area contributed by atoms with Gasteiger partial charge in [-0.25, -0.2) is 4.79 Å². The summed E-state index contributed by atoms with van der Waals surface area (Å²) in [6, 6.07) is 13.6. The molecule has 0 saturated carbocycles. The fraction of sp³-hybridized carbons (Fsp3) is 0.111. The highest BCUT2D eigenvalue weighted by Gasteiger charge is 2.13. The van der Waals surface area contributed by atoms with E-state index in [1.165, 1.54) is 17.1 Å². The molecule has 6 nitrogen and oxygen atoms in total. The predicted octanol–water partition coefficient (Wildman–Crippen LogP) is 2.92. The molecule has 3 rings (SSSR count). The lowest BCUT2D eigenvalue weighted by Crippen LogP contribution is -2.30. The Morgan fingerprint density at radius 1 is 1.25 bits per heavy atom. The number of carbonyl (C=O) groups is 1. The number of pyridine rings is 1. The number of benzene rings is 1. The van der Waals surface area contributed by atoms with E-state index in [0.717, 1.165) is 16.7 Å². The first-order valence-electron chi connectivity index (χ1n) is 7.37. The highest BCUT2D eigenvalue weighted by molar-refractivity contribution is 5.76. The van der Waals surface area contributed by atoms with Gasteiger partial charge in [-0.2, -0.15) is 15.0 Å². The molecule has 0 saturated heterocycles. The van der Waals surface area contributed by atoms with Gasteiger partial charge in [0.1, 0.15) is 6.07 Å². The van der Waals surface area contributed by atoms with Crippen LogP contribution in [0.5, 0.6) is 0 Å². The van der Waals surface area contributed by atoms with Gasteiger partial charge in [-0.05, 0) is 34.9 Å². The molecule has 118 valence electrons. The van der Waals surface area contributed by atoms with Crippen LogP contribution in [-0.2, 0) is 6.54 Å². The summed E-state index contributed by atoms with van der Waals surface area (Å²) in [6.07, 6.45) is 6.30. The molecule has 1 amide bonds. The van der Waals surface area contributed by atoms with Crippen LogP contribution < -0.4 is 0 Å². The summed E-state index contributed by atoms with van der Waals surface area (Å²) >= 11 is 0. The molecule has 24 heavy (non-hydrogen) atoms. The molecule has 0 fully saturated rings. The predicted molar refractivity (Wildman–Crippen MR) is 88.9 cm³/mol. The highest BCUT2D eigenvalue weighted by atomic mass is 16.2. The zero-order valence-electron chi connectivity index (χ0n) is 13.1.